The molecule has 0 radical (unpaired) electrons. The summed E-state index contributed by atoms with van der Waals surface area (Å²) in [6, 6.07) is 11.6. The van der Waals surface area contributed by atoms with Crippen LogP contribution in [0.5, 0.6) is 0 Å². The zero-order chi connectivity index (χ0) is 20.9. The highest BCUT2D eigenvalue weighted by atomic mass is 16.6. The maximum Gasteiger partial charge on any atom is 0.293 e. The summed E-state index contributed by atoms with van der Waals surface area (Å²) in [7, 11) is 0. The SMILES string of the molecule is O=C(Nc1ccc(-n2cnnn2)cc1)c1ccc(N2CCCCCC2)c([N+](=O)[O-])c1. The Hall–Kier alpha value is -3.82. The van der Waals surface area contributed by atoms with Crippen LogP contribution in [0.3, 0.4) is 0 Å². The summed E-state index contributed by atoms with van der Waals surface area (Å²) in [6.45, 7) is 1.58. The van der Waals surface area contributed by atoms with Crippen LogP contribution in [-0.4, -0.2) is 44.1 Å². The lowest BCUT2D eigenvalue weighted by molar-refractivity contribution is -0.384. The van der Waals surface area contributed by atoms with Crippen LogP contribution in [0.2, 0.25) is 0 Å². The monoisotopic (exact) mass is 407 g/mol. The second kappa shape index (κ2) is 8.68. The van der Waals surface area contributed by atoms with Gasteiger partial charge in [0.2, 0.25) is 0 Å². The minimum atomic E-state index is -0.419. The molecule has 10 heteroatoms. The first-order chi connectivity index (χ1) is 14.6. The lowest BCUT2D eigenvalue weighted by atomic mass is 10.1. The van der Waals surface area contributed by atoms with Crippen LogP contribution in [0.4, 0.5) is 17.1 Å². The Bertz CT molecular complexity index is 1030. The third-order valence-corrected chi connectivity index (χ3v) is 5.12. The van der Waals surface area contributed by atoms with E-state index in [0.717, 1.165) is 44.5 Å². The number of carbonyl (C=O) groups is 1. The Labute approximate surface area is 172 Å². The minimum absolute atomic E-state index is 0.0430. The van der Waals surface area contributed by atoms with E-state index in [1.54, 1.807) is 36.4 Å². The predicted molar refractivity (Wildman–Crippen MR) is 111 cm³/mol. The summed E-state index contributed by atoms with van der Waals surface area (Å²) >= 11 is 0. The zero-order valence-corrected chi connectivity index (χ0v) is 16.3. The molecule has 4 rings (SSSR count). The van der Waals surface area contributed by atoms with Crippen molar-refractivity contribution in [1.29, 1.82) is 0 Å². The average Bonchev–Trinajstić information content (AvgIpc) is 3.16. The largest absolute Gasteiger partial charge is 0.366 e. The van der Waals surface area contributed by atoms with Crippen LogP contribution in [0.15, 0.2) is 48.8 Å². The van der Waals surface area contributed by atoms with Crippen LogP contribution in [0, 0.1) is 10.1 Å². The molecular formula is C20H21N7O3. The van der Waals surface area contributed by atoms with Gasteiger partial charge in [0.05, 0.1) is 10.6 Å². The molecule has 2 aromatic carbocycles. The number of tetrazole rings is 1. The summed E-state index contributed by atoms with van der Waals surface area (Å²) in [5.41, 5.74) is 2.08. The Balaban J connectivity index is 1.52. The van der Waals surface area contributed by atoms with E-state index in [9.17, 15) is 14.9 Å². The minimum Gasteiger partial charge on any atom is -0.366 e. The van der Waals surface area contributed by atoms with Crippen molar-refractivity contribution in [3.05, 3.63) is 64.5 Å². The number of nitro benzene ring substituents is 1. The Morgan fingerprint density at radius 3 is 2.40 bits per heavy atom. The Kier molecular flexibility index (Phi) is 5.64. The molecule has 1 amide bonds. The number of nitro groups is 1. The highest BCUT2D eigenvalue weighted by Crippen LogP contribution is 2.31. The highest BCUT2D eigenvalue weighted by Gasteiger charge is 2.22. The molecule has 0 aliphatic carbocycles. The number of nitrogens with zero attached hydrogens (tertiary/aromatic N) is 6. The number of hydrogen-bond donors (Lipinski definition) is 1. The second-order valence-corrected chi connectivity index (χ2v) is 7.12. The van der Waals surface area contributed by atoms with Gasteiger partial charge in [-0.05, 0) is 59.7 Å². The van der Waals surface area contributed by atoms with Crippen molar-refractivity contribution < 1.29 is 9.72 Å². The highest BCUT2D eigenvalue weighted by molar-refractivity contribution is 6.05. The molecule has 3 aromatic rings. The number of benzene rings is 2. The number of nitrogens with one attached hydrogen (secondary N) is 1. The quantitative estimate of drug-likeness (QED) is 0.509. The van der Waals surface area contributed by atoms with E-state index in [1.165, 1.54) is 17.1 Å². The number of carbonyl (C=O) groups excluding carboxylic acids is 1. The van der Waals surface area contributed by atoms with Gasteiger partial charge in [-0.2, -0.15) is 0 Å². The van der Waals surface area contributed by atoms with Crippen molar-refractivity contribution in [2.75, 3.05) is 23.3 Å². The van der Waals surface area contributed by atoms with Gasteiger partial charge in [-0.25, -0.2) is 4.68 Å². The van der Waals surface area contributed by atoms with Crippen molar-refractivity contribution in [2.45, 2.75) is 25.7 Å². The van der Waals surface area contributed by atoms with Crippen molar-refractivity contribution in [3.63, 3.8) is 0 Å². The zero-order valence-electron chi connectivity index (χ0n) is 16.3. The van der Waals surface area contributed by atoms with E-state index in [1.807, 2.05) is 4.90 Å². The molecule has 0 bridgehead atoms. The number of aromatic nitrogens is 4. The number of hydrogen-bond acceptors (Lipinski definition) is 7. The van der Waals surface area contributed by atoms with Gasteiger partial charge in [-0.3, -0.25) is 14.9 Å². The molecule has 1 aliphatic heterocycles. The molecule has 1 fully saturated rings. The summed E-state index contributed by atoms with van der Waals surface area (Å²) < 4.78 is 1.50. The predicted octanol–water partition coefficient (Wildman–Crippen LogP) is 3.20. The number of amides is 1. The lowest BCUT2D eigenvalue weighted by Crippen LogP contribution is -2.25. The fourth-order valence-electron chi connectivity index (χ4n) is 3.57. The molecule has 0 atom stereocenters. The van der Waals surface area contributed by atoms with Gasteiger partial charge in [0.25, 0.3) is 11.6 Å². The summed E-state index contributed by atoms with van der Waals surface area (Å²) in [4.78, 5) is 25.9. The van der Waals surface area contributed by atoms with Crippen LogP contribution in [-0.2, 0) is 0 Å². The molecule has 2 heterocycles. The first-order valence-corrected chi connectivity index (χ1v) is 9.80. The van der Waals surface area contributed by atoms with Crippen LogP contribution in [0.25, 0.3) is 5.69 Å². The van der Waals surface area contributed by atoms with Gasteiger partial charge in [0.1, 0.15) is 12.0 Å². The van der Waals surface area contributed by atoms with E-state index < -0.39 is 10.8 Å². The Morgan fingerprint density at radius 2 is 1.77 bits per heavy atom. The fraction of sp³-hybridized carbons (Fsp3) is 0.300. The molecule has 1 saturated heterocycles. The van der Waals surface area contributed by atoms with Gasteiger partial charge < -0.3 is 10.2 Å². The molecule has 0 spiro atoms. The molecule has 154 valence electrons. The molecule has 10 nitrogen and oxygen atoms in total. The third kappa shape index (κ3) is 4.27. The first-order valence-electron chi connectivity index (χ1n) is 9.80. The first kappa shape index (κ1) is 19.5. The van der Waals surface area contributed by atoms with E-state index in [4.69, 9.17) is 0 Å². The van der Waals surface area contributed by atoms with Gasteiger partial charge in [-0.1, -0.05) is 12.8 Å². The third-order valence-electron chi connectivity index (χ3n) is 5.12. The van der Waals surface area contributed by atoms with Crippen molar-refractivity contribution in [3.8, 4) is 5.69 Å². The lowest BCUT2D eigenvalue weighted by Gasteiger charge is -2.22. The van der Waals surface area contributed by atoms with Gasteiger partial charge in [-0.15, -0.1) is 5.10 Å². The maximum absolute atomic E-state index is 12.7. The molecule has 1 aliphatic rings. The van der Waals surface area contributed by atoms with Gasteiger partial charge in [0.15, 0.2) is 0 Å². The van der Waals surface area contributed by atoms with E-state index in [0.29, 0.717) is 11.4 Å². The van der Waals surface area contributed by atoms with Crippen molar-refractivity contribution >= 4 is 23.0 Å². The topological polar surface area (TPSA) is 119 Å². The molecule has 0 saturated carbocycles. The summed E-state index contributed by atoms with van der Waals surface area (Å²) in [5, 5.41) is 25.4. The van der Waals surface area contributed by atoms with E-state index in [-0.39, 0.29) is 11.3 Å². The molecule has 1 N–H and O–H groups in total. The van der Waals surface area contributed by atoms with Crippen molar-refractivity contribution in [1.82, 2.24) is 20.2 Å². The fourth-order valence-corrected chi connectivity index (χ4v) is 3.57. The molecule has 0 unspecified atom stereocenters. The van der Waals surface area contributed by atoms with Gasteiger partial charge in [0, 0.05) is 30.4 Å². The number of anilines is 2. The standard InChI is InChI=1S/C20H21N7O3/c28-20(22-16-6-8-17(9-7-16)26-14-21-23-24-26)15-5-10-18(19(13-15)27(29)30)25-11-3-1-2-4-12-25/h5-10,13-14H,1-4,11-12H2,(H,22,28). The summed E-state index contributed by atoms with van der Waals surface area (Å²) in [6.07, 6.45) is 5.77. The smallest absolute Gasteiger partial charge is 0.293 e. The van der Waals surface area contributed by atoms with Crippen molar-refractivity contribution in [2.24, 2.45) is 0 Å². The summed E-state index contributed by atoms with van der Waals surface area (Å²) in [5.74, 6) is -0.407. The van der Waals surface area contributed by atoms with Gasteiger partial charge >= 0.3 is 0 Å². The van der Waals surface area contributed by atoms with Crippen LogP contribution >= 0.6 is 0 Å². The normalized spacial score (nSPS) is 14.2. The average molecular weight is 407 g/mol. The molecular weight excluding hydrogens is 386 g/mol. The van der Waals surface area contributed by atoms with Crippen LogP contribution in [0.1, 0.15) is 36.0 Å². The van der Waals surface area contributed by atoms with E-state index in [2.05, 4.69) is 20.8 Å². The second-order valence-electron chi connectivity index (χ2n) is 7.12. The molecule has 30 heavy (non-hydrogen) atoms. The van der Waals surface area contributed by atoms with E-state index >= 15 is 0 Å². The molecule has 1 aromatic heterocycles. The maximum atomic E-state index is 12.7. The Morgan fingerprint density at radius 1 is 1.03 bits per heavy atom. The van der Waals surface area contributed by atoms with Crippen LogP contribution < -0.4 is 10.2 Å². The number of rotatable bonds is 5.